The average Bonchev–Trinajstić information content (AvgIpc) is 3.80. The molecular formula is C56H37N5. The lowest BCUT2D eigenvalue weighted by Crippen LogP contribution is -2.02. The molecule has 3 heterocycles. The number of pyridine rings is 1. The molecule has 0 amide bonds. The van der Waals surface area contributed by atoms with Crippen molar-refractivity contribution in [2.45, 2.75) is 0 Å². The molecule has 0 spiro atoms. The summed E-state index contributed by atoms with van der Waals surface area (Å²) in [5.74, 6) is 1.80. The van der Waals surface area contributed by atoms with Crippen molar-refractivity contribution >= 4 is 16.3 Å². The minimum Gasteiger partial charge on any atom is -0.231 e. The third kappa shape index (κ3) is 6.55. The Labute approximate surface area is 354 Å². The molecule has 0 fully saturated rings. The van der Waals surface area contributed by atoms with Crippen LogP contribution in [0.15, 0.2) is 225 Å². The van der Waals surface area contributed by atoms with E-state index < -0.39 is 0 Å². The second kappa shape index (κ2) is 15.5. The largest absolute Gasteiger partial charge is 0.231 e. The van der Waals surface area contributed by atoms with Crippen LogP contribution in [0.25, 0.3) is 106 Å². The van der Waals surface area contributed by atoms with Crippen molar-refractivity contribution in [3.05, 3.63) is 225 Å². The standard InChI is InChI=1S/C56H37N5/c1-5-20-38(21-6-1)44-30-13-17-34-48(44)55-58-54(59-56(60-55)49-35-18-14-31-45(49)39-22-7-2-8-23-39)43-29-19-28-42(36-43)51-46-32-15-16-33-47(46)53-50(40-24-9-3-10-25-40)37-57-61(53)52(51)41-26-11-4-12-27-41/h1-37H. The second-order valence-corrected chi connectivity index (χ2v) is 15.0. The maximum absolute atomic E-state index is 5.31. The van der Waals surface area contributed by atoms with E-state index in [1.54, 1.807) is 0 Å². The van der Waals surface area contributed by atoms with E-state index in [0.717, 1.165) is 88.7 Å². The van der Waals surface area contributed by atoms with Gasteiger partial charge in [-0.2, -0.15) is 5.10 Å². The Morgan fingerprint density at radius 2 is 0.705 bits per heavy atom. The Morgan fingerprint density at radius 1 is 0.295 bits per heavy atom. The summed E-state index contributed by atoms with van der Waals surface area (Å²) in [5.41, 5.74) is 14.5. The first kappa shape index (κ1) is 35.8. The van der Waals surface area contributed by atoms with Gasteiger partial charge in [-0.15, -0.1) is 0 Å². The minimum absolute atomic E-state index is 0.588. The Morgan fingerprint density at radius 3 is 1.26 bits per heavy atom. The number of benzene rings is 8. The summed E-state index contributed by atoms with van der Waals surface area (Å²) in [5, 5.41) is 7.39. The molecule has 0 bridgehead atoms. The molecule has 11 aromatic rings. The molecule has 0 aliphatic carbocycles. The maximum atomic E-state index is 5.31. The van der Waals surface area contributed by atoms with Gasteiger partial charge < -0.3 is 0 Å². The third-order valence-corrected chi connectivity index (χ3v) is 11.4. The van der Waals surface area contributed by atoms with Gasteiger partial charge in [-0.1, -0.05) is 212 Å². The highest BCUT2D eigenvalue weighted by molar-refractivity contribution is 6.13. The van der Waals surface area contributed by atoms with Gasteiger partial charge in [0.2, 0.25) is 0 Å². The van der Waals surface area contributed by atoms with E-state index in [1.165, 1.54) is 0 Å². The molecule has 0 N–H and O–H groups in total. The molecule has 8 aromatic carbocycles. The molecule has 5 heteroatoms. The lowest BCUT2D eigenvalue weighted by Gasteiger charge is -2.18. The molecule has 0 radical (unpaired) electrons. The lowest BCUT2D eigenvalue weighted by molar-refractivity contribution is 0.976. The van der Waals surface area contributed by atoms with Gasteiger partial charge in [-0.3, -0.25) is 0 Å². The van der Waals surface area contributed by atoms with Crippen LogP contribution in [0.4, 0.5) is 0 Å². The first-order chi connectivity index (χ1) is 30.3. The highest BCUT2D eigenvalue weighted by atomic mass is 15.2. The number of rotatable bonds is 8. The van der Waals surface area contributed by atoms with Crippen molar-refractivity contribution in [1.29, 1.82) is 0 Å². The van der Waals surface area contributed by atoms with E-state index >= 15 is 0 Å². The van der Waals surface area contributed by atoms with Crippen molar-refractivity contribution in [3.8, 4) is 89.9 Å². The van der Waals surface area contributed by atoms with Crippen molar-refractivity contribution in [3.63, 3.8) is 0 Å². The van der Waals surface area contributed by atoms with Crippen molar-refractivity contribution < 1.29 is 0 Å². The van der Waals surface area contributed by atoms with Crippen LogP contribution in [0.2, 0.25) is 0 Å². The fourth-order valence-electron chi connectivity index (χ4n) is 8.56. The summed E-state index contributed by atoms with van der Waals surface area (Å²) in [7, 11) is 0. The van der Waals surface area contributed by atoms with E-state index in [1.807, 2.05) is 30.5 Å². The van der Waals surface area contributed by atoms with Gasteiger partial charge in [0.15, 0.2) is 17.5 Å². The predicted octanol–water partition coefficient (Wildman–Crippen LogP) is 14.0. The molecule has 0 saturated carbocycles. The van der Waals surface area contributed by atoms with Gasteiger partial charge in [0, 0.05) is 38.8 Å². The molecule has 11 rings (SSSR count). The first-order valence-electron chi connectivity index (χ1n) is 20.5. The van der Waals surface area contributed by atoms with Gasteiger partial charge in [0.05, 0.1) is 17.4 Å². The Bertz CT molecular complexity index is 3240. The zero-order valence-corrected chi connectivity index (χ0v) is 33.1. The fraction of sp³-hybridized carbons (Fsp3) is 0. The first-order valence-corrected chi connectivity index (χ1v) is 20.5. The van der Waals surface area contributed by atoms with Gasteiger partial charge in [0.25, 0.3) is 0 Å². The SMILES string of the molecule is c1ccc(-c2ccccc2-c2nc(-c3cccc(-c4c(-c5ccccc5)n5ncc(-c6ccccc6)c5c5ccccc45)c3)nc(-c3ccccc3-c3ccccc3)n2)cc1. The van der Waals surface area contributed by atoms with E-state index in [2.05, 4.69) is 199 Å². The highest BCUT2D eigenvalue weighted by Crippen LogP contribution is 2.44. The maximum Gasteiger partial charge on any atom is 0.164 e. The third-order valence-electron chi connectivity index (χ3n) is 11.4. The zero-order chi connectivity index (χ0) is 40.5. The molecule has 286 valence electrons. The molecule has 61 heavy (non-hydrogen) atoms. The van der Waals surface area contributed by atoms with Crippen LogP contribution in [0.1, 0.15) is 0 Å². The van der Waals surface area contributed by atoms with E-state index in [9.17, 15) is 0 Å². The minimum atomic E-state index is 0.588. The number of fused-ring (bicyclic) bond motifs is 3. The van der Waals surface area contributed by atoms with E-state index in [-0.39, 0.29) is 0 Å². The smallest absolute Gasteiger partial charge is 0.164 e. The predicted molar refractivity (Wildman–Crippen MR) is 250 cm³/mol. The molecule has 5 nitrogen and oxygen atoms in total. The van der Waals surface area contributed by atoms with Gasteiger partial charge in [0.1, 0.15) is 0 Å². The summed E-state index contributed by atoms with van der Waals surface area (Å²) in [6.45, 7) is 0. The topological polar surface area (TPSA) is 56.0 Å². The number of hydrogen-bond donors (Lipinski definition) is 0. The zero-order valence-electron chi connectivity index (χ0n) is 33.1. The van der Waals surface area contributed by atoms with Crippen LogP contribution in [0.3, 0.4) is 0 Å². The van der Waals surface area contributed by atoms with Crippen LogP contribution in [0.5, 0.6) is 0 Å². The summed E-state index contributed by atoms with van der Waals surface area (Å²) in [6.07, 6.45) is 2.00. The number of aromatic nitrogens is 5. The van der Waals surface area contributed by atoms with E-state index in [0.29, 0.717) is 17.5 Å². The lowest BCUT2D eigenvalue weighted by atomic mass is 9.91. The Balaban J connectivity index is 1.16. The molecule has 0 atom stereocenters. The van der Waals surface area contributed by atoms with Gasteiger partial charge in [-0.05, 0) is 44.8 Å². The quantitative estimate of drug-likeness (QED) is 0.154. The van der Waals surface area contributed by atoms with Crippen molar-refractivity contribution in [2.75, 3.05) is 0 Å². The average molecular weight is 780 g/mol. The van der Waals surface area contributed by atoms with Crippen LogP contribution in [0, 0.1) is 0 Å². The fourth-order valence-corrected chi connectivity index (χ4v) is 8.56. The molecule has 0 saturated heterocycles. The van der Waals surface area contributed by atoms with Crippen LogP contribution < -0.4 is 0 Å². The summed E-state index contributed by atoms with van der Waals surface area (Å²) < 4.78 is 2.13. The van der Waals surface area contributed by atoms with Crippen molar-refractivity contribution in [1.82, 2.24) is 24.6 Å². The highest BCUT2D eigenvalue weighted by Gasteiger charge is 2.23. The molecule has 0 aliphatic heterocycles. The second-order valence-electron chi connectivity index (χ2n) is 15.0. The number of hydrogen-bond acceptors (Lipinski definition) is 4. The van der Waals surface area contributed by atoms with Gasteiger partial charge >= 0.3 is 0 Å². The molecule has 0 aliphatic rings. The van der Waals surface area contributed by atoms with Crippen LogP contribution in [-0.2, 0) is 0 Å². The van der Waals surface area contributed by atoms with Gasteiger partial charge in [-0.25, -0.2) is 19.5 Å². The normalized spacial score (nSPS) is 11.3. The summed E-state index contributed by atoms with van der Waals surface area (Å²) in [4.78, 5) is 15.9. The molecule has 3 aromatic heterocycles. The molecule has 0 unspecified atom stereocenters. The Hall–Kier alpha value is -8.28. The van der Waals surface area contributed by atoms with Crippen molar-refractivity contribution in [2.24, 2.45) is 0 Å². The number of nitrogens with zero attached hydrogens (tertiary/aromatic N) is 5. The van der Waals surface area contributed by atoms with Crippen LogP contribution in [-0.4, -0.2) is 24.6 Å². The monoisotopic (exact) mass is 779 g/mol. The summed E-state index contributed by atoms with van der Waals surface area (Å²) in [6, 6.07) is 75.9. The van der Waals surface area contributed by atoms with Crippen LogP contribution >= 0.6 is 0 Å². The summed E-state index contributed by atoms with van der Waals surface area (Å²) >= 11 is 0. The molecular weight excluding hydrogens is 743 g/mol. The van der Waals surface area contributed by atoms with E-state index in [4.69, 9.17) is 20.1 Å². The Kier molecular flexibility index (Phi) is 9.10.